The van der Waals surface area contributed by atoms with Crippen molar-refractivity contribution in [2.24, 2.45) is 5.84 Å². The van der Waals surface area contributed by atoms with Gasteiger partial charge in [0.2, 0.25) is 5.13 Å². The van der Waals surface area contributed by atoms with Gasteiger partial charge in [0.25, 0.3) is 5.91 Å². The first kappa shape index (κ1) is 11.4. The number of nitrogens with two attached hydrogens (primary N) is 1. The maximum Gasteiger partial charge on any atom is 0.257 e. The lowest BCUT2D eigenvalue weighted by Gasteiger charge is -2.05. The number of hydrazine groups is 1. The van der Waals surface area contributed by atoms with E-state index < -0.39 is 0 Å². The Balaban J connectivity index is 2.21. The molecule has 0 aliphatic rings. The van der Waals surface area contributed by atoms with Crippen molar-refractivity contribution in [2.75, 3.05) is 10.7 Å². The van der Waals surface area contributed by atoms with Gasteiger partial charge in [-0.05, 0) is 19.1 Å². The van der Waals surface area contributed by atoms with E-state index in [1.54, 1.807) is 24.6 Å². The number of anilines is 2. The van der Waals surface area contributed by atoms with E-state index in [2.05, 4.69) is 25.9 Å². The number of carbonyl (C=O) groups excluding carboxylic acids is 1. The van der Waals surface area contributed by atoms with Gasteiger partial charge in [0.1, 0.15) is 11.3 Å². The highest BCUT2D eigenvalue weighted by Crippen LogP contribution is 2.13. The number of nitrogens with zero attached hydrogens (tertiary/aromatic N) is 3. The molecule has 17 heavy (non-hydrogen) atoms. The van der Waals surface area contributed by atoms with Gasteiger partial charge in [-0.2, -0.15) is 0 Å². The third kappa shape index (κ3) is 2.74. The zero-order valence-corrected chi connectivity index (χ0v) is 9.78. The van der Waals surface area contributed by atoms with Crippen LogP contribution in [0, 0.1) is 6.92 Å². The number of pyridine rings is 1. The Labute approximate surface area is 101 Å². The molecule has 2 aromatic rings. The van der Waals surface area contributed by atoms with E-state index in [-0.39, 0.29) is 5.91 Å². The molecule has 4 N–H and O–H groups in total. The van der Waals surface area contributed by atoms with Crippen molar-refractivity contribution in [1.29, 1.82) is 0 Å². The second-order valence-electron chi connectivity index (χ2n) is 3.22. The van der Waals surface area contributed by atoms with Gasteiger partial charge in [0.15, 0.2) is 0 Å². The van der Waals surface area contributed by atoms with Crippen LogP contribution in [0.4, 0.5) is 10.9 Å². The van der Waals surface area contributed by atoms with E-state index in [9.17, 15) is 4.79 Å². The minimum Gasteiger partial charge on any atom is -0.308 e. The van der Waals surface area contributed by atoms with Crippen LogP contribution in [0.25, 0.3) is 0 Å². The molecular weight excluding hydrogens is 240 g/mol. The molecule has 0 atom stereocenters. The lowest BCUT2D eigenvalue weighted by Crippen LogP contribution is -2.15. The van der Waals surface area contributed by atoms with Gasteiger partial charge in [-0.3, -0.25) is 10.1 Å². The summed E-state index contributed by atoms with van der Waals surface area (Å²) in [5.74, 6) is 5.42. The van der Waals surface area contributed by atoms with Crippen molar-refractivity contribution in [3.63, 3.8) is 0 Å². The van der Waals surface area contributed by atoms with E-state index in [1.807, 2.05) is 0 Å². The zero-order valence-electron chi connectivity index (χ0n) is 8.97. The zero-order chi connectivity index (χ0) is 12.3. The summed E-state index contributed by atoms with van der Waals surface area (Å²) in [4.78, 5) is 16.0. The molecule has 0 aromatic carbocycles. The Hall–Kier alpha value is -2.06. The number of aryl methyl sites for hydroxylation is 1. The maximum absolute atomic E-state index is 11.9. The van der Waals surface area contributed by atoms with Gasteiger partial charge in [0, 0.05) is 11.3 Å². The molecule has 0 spiro atoms. The van der Waals surface area contributed by atoms with Crippen molar-refractivity contribution in [1.82, 2.24) is 15.2 Å². The van der Waals surface area contributed by atoms with Gasteiger partial charge in [-0.15, -0.1) is 10.2 Å². The summed E-state index contributed by atoms with van der Waals surface area (Å²) in [6.45, 7) is 1.78. The first-order valence-electron chi connectivity index (χ1n) is 4.72. The molecule has 88 valence electrons. The number of hydrogen-bond donors (Lipinski definition) is 3. The lowest BCUT2D eigenvalue weighted by atomic mass is 10.2. The number of nitrogen functional groups attached to an aromatic ring is 1. The first-order valence-corrected chi connectivity index (χ1v) is 5.60. The Kier molecular flexibility index (Phi) is 3.26. The second kappa shape index (κ2) is 4.85. The molecule has 1 amide bonds. The predicted octanol–water partition coefficient (Wildman–Crippen LogP) is 0.779. The monoisotopic (exact) mass is 250 g/mol. The van der Waals surface area contributed by atoms with E-state index >= 15 is 0 Å². The molecule has 2 rings (SSSR count). The average molecular weight is 250 g/mol. The van der Waals surface area contributed by atoms with Crippen LogP contribution in [0.15, 0.2) is 17.6 Å². The largest absolute Gasteiger partial charge is 0.308 e. The van der Waals surface area contributed by atoms with Crippen LogP contribution >= 0.6 is 11.3 Å². The quantitative estimate of drug-likeness (QED) is 0.549. The summed E-state index contributed by atoms with van der Waals surface area (Å²) in [6, 6.07) is 3.22. The van der Waals surface area contributed by atoms with Crippen molar-refractivity contribution in [2.45, 2.75) is 6.92 Å². The molecule has 0 unspecified atom stereocenters. The van der Waals surface area contributed by atoms with Crippen LogP contribution in [0.3, 0.4) is 0 Å². The fraction of sp³-hybridized carbons (Fsp3) is 0.111. The molecule has 7 nitrogen and oxygen atoms in total. The number of carbonyl (C=O) groups is 1. The molecule has 8 heteroatoms. The molecule has 0 saturated carbocycles. The van der Waals surface area contributed by atoms with Crippen LogP contribution in [-0.4, -0.2) is 21.1 Å². The van der Waals surface area contributed by atoms with E-state index in [1.165, 1.54) is 11.3 Å². The van der Waals surface area contributed by atoms with Crippen molar-refractivity contribution >= 4 is 28.2 Å². The SMILES string of the molecule is Cc1cc(C(=O)Nc2nncs2)cc(NN)n1. The van der Waals surface area contributed by atoms with Crippen LogP contribution in [0.2, 0.25) is 0 Å². The van der Waals surface area contributed by atoms with Crippen molar-refractivity contribution in [3.05, 3.63) is 28.9 Å². The number of hydrogen-bond acceptors (Lipinski definition) is 7. The summed E-state index contributed by atoms with van der Waals surface area (Å²) in [7, 11) is 0. The summed E-state index contributed by atoms with van der Waals surface area (Å²) >= 11 is 1.25. The van der Waals surface area contributed by atoms with E-state index in [0.717, 1.165) is 0 Å². The average Bonchev–Trinajstić information content (AvgIpc) is 2.81. The van der Waals surface area contributed by atoms with Gasteiger partial charge in [-0.25, -0.2) is 10.8 Å². The normalized spacial score (nSPS) is 10.0. The molecule has 0 saturated heterocycles. The Morgan fingerprint density at radius 3 is 2.94 bits per heavy atom. The molecule has 0 aliphatic heterocycles. The van der Waals surface area contributed by atoms with Crippen molar-refractivity contribution in [3.8, 4) is 0 Å². The molecule has 0 fully saturated rings. The van der Waals surface area contributed by atoms with Crippen LogP contribution in [0.1, 0.15) is 16.1 Å². The fourth-order valence-electron chi connectivity index (χ4n) is 1.27. The summed E-state index contributed by atoms with van der Waals surface area (Å²) in [5.41, 5.74) is 5.10. The Bertz CT molecular complexity index is 526. The molecule has 0 radical (unpaired) electrons. The summed E-state index contributed by atoms with van der Waals surface area (Å²) in [5, 5.41) is 10.4. The van der Waals surface area contributed by atoms with Crippen molar-refractivity contribution < 1.29 is 4.79 Å². The number of nitrogens with one attached hydrogen (secondary N) is 2. The Morgan fingerprint density at radius 1 is 1.47 bits per heavy atom. The summed E-state index contributed by atoms with van der Waals surface area (Å²) in [6.07, 6.45) is 0. The fourth-order valence-corrected chi connectivity index (χ4v) is 1.71. The van der Waals surface area contributed by atoms with Crippen LogP contribution in [-0.2, 0) is 0 Å². The topological polar surface area (TPSA) is 106 Å². The predicted molar refractivity (Wildman–Crippen MR) is 64.6 cm³/mol. The molecule has 2 heterocycles. The molecule has 0 bridgehead atoms. The summed E-state index contributed by atoms with van der Waals surface area (Å²) < 4.78 is 0. The van der Waals surface area contributed by atoms with Gasteiger partial charge in [0.05, 0.1) is 0 Å². The molecule has 0 aliphatic carbocycles. The Morgan fingerprint density at radius 2 is 2.29 bits per heavy atom. The van der Waals surface area contributed by atoms with E-state index in [4.69, 9.17) is 5.84 Å². The highest BCUT2D eigenvalue weighted by Gasteiger charge is 2.10. The van der Waals surface area contributed by atoms with Crippen LogP contribution in [0.5, 0.6) is 0 Å². The van der Waals surface area contributed by atoms with E-state index in [0.29, 0.717) is 22.2 Å². The highest BCUT2D eigenvalue weighted by atomic mass is 32.1. The third-order valence-electron chi connectivity index (χ3n) is 1.94. The second-order valence-corrected chi connectivity index (χ2v) is 4.06. The minimum atomic E-state index is -0.274. The highest BCUT2D eigenvalue weighted by molar-refractivity contribution is 7.13. The minimum absolute atomic E-state index is 0.274. The third-order valence-corrected chi connectivity index (χ3v) is 2.55. The standard InChI is InChI=1S/C9H10N6OS/c1-5-2-6(3-7(12-5)14-10)8(16)13-9-15-11-4-17-9/h2-4H,10H2,1H3,(H,12,14)(H,13,15,16). The lowest BCUT2D eigenvalue weighted by molar-refractivity contribution is 0.102. The first-order chi connectivity index (χ1) is 8.19. The number of amides is 1. The maximum atomic E-state index is 11.9. The molecular formula is C9H10N6OS. The molecule has 2 aromatic heterocycles. The van der Waals surface area contributed by atoms with Gasteiger partial charge < -0.3 is 5.43 Å². The van der Waals surface area contributed by atoms with Gasteiger partial charge >= 0.3 is 0 Å². The number of rotatable bonds is 3. The number of aromatic nitrogens is 3. The van der Waals surface area contributed by atoms with Crippen LogP contribution < -0.4 is 16.6 Å². The smallest absolute Gasteiger partial charge is 0.257 e. The van der Waals surface area contributed by atoms with Gasteiger partial charge in [-0.1, -0.05) is 11.3 Å².